The van der Waals surface area contributed by atoms with E-state index in [1.807, 2.05) is 6.07 Å². The van der Waals surface area contributed by atoms with Crippen LogP contribution in [0.4, 0.5) is 13.6 Å². The van der Waals surface area contributed by atoms with Gasteiger partial charge in [-0.15, -0.1) is 0 Å². The Labute approximate surface area is 172 Å². The molecule has 1 unspecified atom stereocenters. The largest absolute Gasteiger partial charge is 0.497 e. The summed E-state index contributed by atoms with van der Waals surface area (Å²) in [7, 11) is 3.09. The van der Waals surface area contributed by atoms with Gasteiger partial charge in [0.1, 0.15) is 17.8 Å². The number of nitrogens with zero attached hydrogens (tertiary/aromatic N) is 2. The number of carbonyl (C=O) groups excluding carboxylic acids is 3. The lowest BCUT2D eigenvalue weighted by Crippen LogP contribution is -2.43. The highest BCUT2D eigenvalue weighted by Gasteiger charge is 2.49. The Bertz CT molecular complexity index is 1010. The van der Waals surface area contributed by atoms with E-state index in [2.05, 4.69) is 5.32 Å². The summed E-state index contributed by atoms with van der Waals surface area (Å²) >= 11 is 0. The third kappa shape index (κ3) is 3.96. The molecule has 1 aliphatic rings. The van der Waals surface area contributed by atoms with E-state index in [0.29, 0.717) is 5.75 Å². The monoisotopic (exact) mass is 417 g/mol. The Balaban J connectivity index is 1.72. The molecule has 0 radical (unpaired) electrons. The SMILES string of the molecule is COc1cccc(CN(C)C(=O)CN2C(=O)NC(C)(c3ccc(F)c(F)c3)C2=O)c1. The number of hydrogen-bond acceptors (Lipinski definition) is 4. The Kier molecular flexibility index (Phi) is 5.73. The fourth-order valence-corrected chi connectivity index (χ4v) is 3.23. The van der Waals surface area contributed by atoms with Gasteiger partial charge in [0.15, 0.2) is 11.6 Å². The molecule has 0 saturated carbocycles. The highest BCUT2D eigenvalue weighted by atomic mass is 19.2. The topological polar surface area (TPSA) is 79.0 Å². The lowest BCUT2D eigenvalue weighted by atomic mass is 9.92. The third-order valence-electron chi connectivity index (χ3n) is 5.04. The van der Waals surface area contributed by atoms with E-state index < -0.39 is 41.6 Å². The van der Waals surface area contributed by atoms with Gasteiger partial charge >= 0.3 is 6.03 Å². The van der Waals surface area contributed by atoms with Crippen molar-refractivity contribution in [1.82, 2.24) is 15.1 Å². The van der Waals surface area contributed by atoms with Crippen LogP contribution in [0, 0.1) is 11.6 Å². The van der Waals surface area contributed by atoms with Gasteiger partial charge in [-0.3, -0.25) is 14.5 Å². The van der Waals surface area contributed by atoms with E-state index >= 15 is 0 Å². The van der Waals surface area contributed by atoms with Gasteiger partial charge in [-0.2, -0.15) is 0 Å². The molecule has 1 atom stereocenters. The van der Waals surface area contributed by atoms with E-state index in [1.54, 1.807) is 25.2 Å². The Morgan fingerprint density at radius 3 is 2.57 bits per heavy atom. The van der Waals surface area contributed by atoms with E-state index in [9.17, 15) is 23.2 Å². The summed E-state index contributed by atoms with van der Waals surface area (Å²) in [6.45, 7) is 1.15. The molecule has 1 saturated heterocycles. The van der Waals surface area contributed by atoms with Crippen LogP contribution < -0.4 is 10.1 Å². The second kappa shape index (κ2) is 8.10. The van der Waals surface area contributed by atoms with Crippen molar-refractivity contribution in [2.24, 2.45) is 0 Å². The van der Waals surface area contributed by atoms with Gasteiger partial charge in [0.05, 0.1) is 7.11 Å². The van der Waals surface area contributed by atoms with Gasteiger partial charge in [-0.25, -0.2) is 13.6 Å². The average molecular weight is 417 g/mol. The zero-order valence-electron chi connectivity index (χ0n) is 16.7. The Morgan fingerprint density at radius 2 is 1.90 bits per heavy atom. The molecule has 2 aromatic carbocycles. The van der Waals surface area contributed by atoms with Gasteiger partial charge in [0.25, 0.3) is 5.91 Å². The minimum Gasteiger partial charge on any atom is -0.497 e. The van der Waals surface area contributed by atoms with Crippen LogP contribution in [0.2, 0.25) is 0 Å². The van der Waals surface area contributed by atoms with Crippen molar-refractivity contribution in [3.63, 3.8) is 0 Å². The number of urea groups is 1. The van der Waals surface area contributed by atoms with Crippen LogP contribution in [0.5, 0.6) is 5.75 Å². The standard InChI is InChI=1S/C21H21F2N3O4/c1-21(14-7-8-16(22)17(23)10-14)19(28)26(20(29)24-21)12-18(27)25(2)11-13-5-4-6-15(9-13)30-3/h4-10H,11-12H2,1-3H3,(H,24,29). The quantitative estimate of drug-likeness (QED) is 0.733. The van der Waals surface area contributed by atoms with E-state index in [-0.39, 0.29) is 12.1 Å². The first-order chi connectivity index (χ1) is 14.2. The first-order valence-electron chi connectivity index (χ1n) is 9.12. The summed E-state index contributed by atoms with van der Waals surface area (Å²) in [5.74, 6) is -2.74. The summed E-state index contributed by atoms with van der Waals surface area (Å²) in [4.78, 5) is 40.0. The number of benzene rings is 2. The Morgan fingerprint density at radius 1 is 1.17 bits per heavy atom. The summed E-state index contributed by atoms with van der Waals surface area (Å²) in [5.41, 5.74) is -0.703. The predicted molar refractivity (Wildman–Crippen MR) is 103 cm³/mol. The maximum absolute atomic E-state index is 13.6. The lowest BCUT2D eigenvalue weighted by molar-refractivity contribution is -0.138. The number of ether oxygens (including phenoxy) is 1. The molecule has 1 aliphatic heterocycles. The molecule has 4 amide bonds. The van der Waals surface area contributed by atoms with Crippen molar-refractivity contribution in [3.8, 4) is 5.75 Å². The minimum atomic E-state index is -1.60. The van der Waals surface area contributed by atoms with Crippen LogP contribution in [-0.2, 0) is 21.7 Å². The van der Waals surface area contributed by atoms with Gasteiger partial charge < -0.3 is 15.0 Å². The lowest BCUT2D eigenvalue weighted by Gasteiger charge is -2.23. The Hall–Kier alpha value is -3.49. The first kappa shape index (κ1) is 21.2. The average Bonchev–Trinajstić information content (AvgIpc) is 2.94. The fourth-order valence-electron chi connectivity index (χ4n) is 3.23. The van der Waals surface area contributed by atoms with Crippen LogP contribution >= 0.6 is 0 Å². The van der Waals surface area contributed by atoms with Gasteiger partial charge in [-0.1, -0.05) is 18.2 Å². The number of hydrogen-bond donors (Lipinski definition) is 1. The summed E-state index contributed by atoms with van der Waals surface area (Å²) in [5, 5.41) is 2.46. The first-order valence-corrected chi connectivity index (χ1v) is 9.12. The summed E-state index contributed by atoms with van der Waals surface area (Å²) in [6, 6.07) is 9.33. The van der Waals surface area contributed by atoms with Crippen molar-refractivity contribution in [1.29, 1.82) is 0 Å². The van der Waals surface area contributed by atoms with Gasteiger partial charge in [0, 0.05) is 13.6 Å². The van der Waals surface area contributed by atoms with Crippen molar-refractivity contribution < 1.29 is 27.9 Å². The molecule has 7 nitrogen and oxygen atoms in total. The maximum Gasteiger partial charge on any atom is 0.325 e. The third-order valence-corrected chi connectivity index (χ3v) is 5.04. The van der Waals surface area contributed by atoms with Crippen LogP contribution in [0.3, 0.4) is 0 Å². The molecule has 0 bridgehead atoms. The molecule has 1 N–H and O–H groups in total. The second-order valence-corrected chi connectivity index (χ2v) is 7.18. The number of carbonyl (C=O) groups is 3. The van der Waals surface area contributed by atoms with Crippen LogP contribution in [0.15, 0.2) is 42.5 Å². The number of amides is 4. The minimum absolute atomic E-state index is 0.0828. The second-order valence-electron chi connectivity index (χ2n) is 7.18. The summed E-state index contributed by atoms with van der Waals surface area (Å²) in [6.07, 6.45) is 0. The van der Waals surface area contributed by atoms with E-state index in [4.69, 9.17) is 4.74 Å². The smallest absolute Gasteiger partial charge is 0.325 e. The normalized spacial score (nSPS) is 18.4. The highest BCUT2D eigenvalue weighted by Crippen LogP contribution is 2.29. The number of imide groups is 1. The number of methoxy groups -OCH3 is 1. The molecule has 3 rings (SSSR count). The highest BCUT2D eigenvalue weighted by molar-refractivity contribution is 6.09. The zero-order valence-corrected chi connectivity index (χ0v) is 16.7. The molecule has 1 heterocycles. The molecular formula is C21H21F2N3O4. The van der Waals surface area contributed by atoms with Crippen molar-refractivity contribution in [2.75, 3.05) is 20.7 Å². The molecule has 0 spiro atoms. The molecular weight excluding hydrogens is 396 g/mol. The molecule has 30 heavy (non-hydrogen) atoms. The molecule has 158 valence electrons. The van der Waals surface area contributed by atoms with E-state index in [0.717, 1.165) is 22.6 Å². The fraction of sp³-hybridized carbons (Fsp3) is 0.286. The van der Waals surface area contributed by atoms with E-state index in [1.165, 1.54) is 25.0 Å². The molecule has 1 fully saturated rings. The maximum atomic E-state index is 13.6. The number of rotatable bonds is 6. The number of halogens is 2. The van der Waals surface area contributed by atoms with Crippen LogP contribution in [0.1, 0.15) is 18.1 Å². The molecule has 2 aromatic rings. The molecule has 9 heteroatoms. The van der Waals surface area contributed by atoms with Crippen molar-refractivity contribution >= 4 is 17.8 Å². The van der Waals surface area contributed by atoms with Gasteiger partial charge in [-0.05, 0) is 42.3 Å². The summed E-state index contributed by atoms with van der Waals surface area (Å²) < 4.78 is 32.0. The number of nitrogens with one attached hydrogen (secondary N) is 1. The van der Waals surface area contributed by atoms with Crippen molar-refractivity contribution in [2.45, 2.75) is 19.0 Å². The van der Waals surface area contributed by atoms with Gasteiger partial charge in [0.2, 0.25) is 5.91 Å². The predicted octanol–water partition coefficient (Wildman–Crippen LogP) is 2.40. The van der Waals surface area contributed by atoms with Crippen LogP contribution in [0.25, 0.3) is 0 Å². The molecule has 0 aliphatic carbocycles. The zero-order chi connectivity index (χ0) is 22.1. The number of likely N-dealkylation sites (N-methyl/N-ethyl adjacent to an activating group) is 1. The van der Waals surface area contributed by atoms with Crippen molar-refractivity contribution in [3.05, 3.63) is 65.2 Å². The molecule has 0 aromatic heterocycles. The van der Waals surface area contributed by atoms with Crippen LogP contribution in [-0.4, -0.2) is 48.3 Å².